The number of hydrogen-bond acceptors (Lipinski definition) is 1. The van der Waals surface area contributed by atoms with Gasteiger partial charge in [-0.25, -0.2) is 0 Å². The number of allylic oxidation sites excluding steroid dienone is 1. The lowest BCUT2D eigenvalue weighted by molar-refractivity contribution is -0.135. The summed E-state index contributed by atoms with van der Waals surface area (Å²) in [5.74, 6) is 0.364. The van der Waals surface area contributed by atoms with Crippen LogP contribution in [0.15, 0.2) is 12.2 Å². The number of nitrogens with zero attached hydrogens (tertiary/aromatic N) is 1. The lowest BCUT2D eigenvalue weighted by Crippen LogP contribution is -2.43. The van der Waals surface area contributed by atoms with Crippen LogP contribution in [0.25, 0.3) is 0 Å². The number of fused-ring (bicyclic) bond motifs is 1. The van der Waals surface area contributed by atoms with E-state index < -0.39 is 0 Å². The minimum Gasteiger partial charge on any atom is -0.336 e. The molecule has 13 heavy (non-hydrogen) atoms. The molecule has 2 rings (SSSR count). The predicted octanol–water partition coefficient (Wildman–Crippen LogP) is 2.11. The van der Waals surface area contributed by atoms with Gasteiger partial charge in [0.2, 0.25) is 5.91 Å². The standard InChI is InChI=1S/C11H17NO/c13-11-8-5-7-10-6-3-1-2-4-9-12(10)11/h3,6,10H,1-2,4-5,7-9H2/b6-3-. The lowest BCUT2D eigenvalue weighted by atomic mass is 9.98. The highest BCUT2D eigenvalue weighted by molar-refractivity contribution is 5.77. The highest BCUT2D eigenvalue weighted by atomic mass is 16.2. The van der Waals surface area contributed by atoms with Crippen molar-refractivity contribution in [3.8, 4) is 0 Å². The quantitative estimate of drug-likeness (QED) is 0.521. The van der Waals surface area contributed by atoms with Gasteiger partial charge >= 0.3 is 0 Å². The van der Waals surface area contributed by atoms with Gasteiger partial charge in [-0.2, -0.15) is 0 Å². The van der Waals surface area contributed by atoms with Crippen LogP contribution >= 0.6 is 0 Å². The van der Waals surface area contributed by atoms with E-state index in [1.165, 1.54) is 25.7 Å². The van der Waals surface area contributed by atoms with E-state index in [0.29, 0.717) is 11.9 Å². The van der Waals surface area contributed by atoms with Gasteiger partial charge in [-0.15, -0.1) is 0 Å². The molecule has 2 aliphatic rings. The van der Waals surface area contributed by atoms with Crippen LogP contribution in [0.3, 0.4) is 0 Å². The Morgan fingerprint density at radius 3 is 3.15 bits per heavy atom. The van der Waals surface area contributed by atoms with Gasteiger partial charge in [-0.1, -0.05) is 12.2 Å². The molecule has 2 heterocycles. The molecule has 0 aromatic carbocycles. The Morgan fingerprint density at radius 2 is 2.23 bits per heavy atom. The third kappa shape index (κ3) is 1.93. The number of carbonyl (C=O) groups is 1. The monoisotopic (exact) mass is 179 g/mol. The van der Waals surface area contributed by atoms with E-state index in [9.17, 15) is 4.79 Å². The summed E-state index contributed by atoms with van der Waals surface area (Å²) in [6.07, 6.45) is 11.1. The maximum Gasteiger partial charge on any atom is 0.223 e. The number of hydrogen-bond donors (Lipinski definition) is 0. The van der Waals surface area contributed by atoms with E-state index in [4.69, 9.17) is 0 Å². The van der Waals surface area contributed by atoms with Crippen molar-refractivity contribution in [2.75, 3.05) is 6.54 Å². The first-order chi connectivity index (χ1) is 6.38. The fourth-order valence-electron chi connectivity index (χ4n) is 2.24. The minimum absolute atomic E-state index is 0.364. The summed E-state index contributed by atoms with van der Waals surface area (Å²) in [5, 5.41) is 0. The Bertz CT molecular complexity index is 222. The number of rotatable bonds is 0. The predicted molar refractivity (Wildman–Crippen MR) is 52.3 cm³/mol. The molecule has 0 spiro atoms. The van der Waals surface area contributed by atoms with Crippen molar-refractivity contribution >= 4 is 5.91 Å². The maximum absolute atomic E-state index is 11.6. The van der Waals surface area contributed by atoms with E-state index in [2.05, 4.69) is 17.1 Å². The van der Waals surface area contributed by atoms with Gasteiger partial charge in [0, 0.05) is 19.0 Å². The molecule has 0 aliphatic carbocycles. The van der Waals surface area contributed by atoms with E-state index in [1.807, 2.05) is 0 Å². The molecule has 2 nitrogen and oxygen atoms in total. The lowest BCUT2D eigenvalue weighted by Gasteiger charge is -2.34. The number of piperidine rings is 1. The zero-order valence-electron chi connectivity index (χ0n) is 8.04. The smallest absolute Gasteiger partial charge is 0.223 e. The van der Waals surface area contributed by atoms with Crippen LogP contribution in [0.4, 0.5) is 0 Å². The van der Waals surface area contributed by atoms with Crippen molar-refractivity contribution in [3.05, 3.63) is 12.2 Å². The average Bonchev–Trinajstić information content (AvgIpc) is 2.07. The van der Waals surface area contributed by atoms with Gasteiger partial charge in [0.1, 0.15) is 0 Å². The maximum atomic E-state index is 11.6. The second kappa shape index (κ2) is 3.95. The van der Waals surface area contributed by atoms with Crippen LogP contribution in [-0.4, -0.2) is 23.4 Å². The zero-order valence-corrected chi connectivity index (χ0v) is 8.04. The molecule has 2 heteroatoms. The van der Waals surface area contributed by atoms with Crippen LogP contribution in [0.2, 0.25) is 0 Å². The Morgan fingerprint density at radius 1 is 1.31 bits per heavy atom. The van der Waals surface area contributed by atoms with Gasteiger partial charge in [0.15, 0.2) is 0 Å². The van der Waals surface area contributed by atoms with Gasteiger partial charge in [-0.3, -0.25) is 4.79 Å². The molecule has 0 N–H and O–H groups in total. The molecule has 0 aromatic heterocycles. The first kappa shape index (κ1) is 8.79. The van der Waals surface area contributed by atoms with Crippen molar-refractivity contribution in [2.24, 2.45) is 0 Å². The van der Waals surface area contributed by atoms with E-state index in [1.54, 1.807) is 0 Å². The summed E-state index contributed by atoms with van der Waals surface area (Å²) in [6.45, 7) is 0.980. The largest absolute Gasteiger partial charge is 0.336 e. The van der Waals surface area contributed by atoms with Gasteiger partial charge < -0.3 is 4.90 Å². The molecule has 0 saturated carbocycles. The fraction of sp³-hybridized carbons (Fsp3) is 0.727. The summed E-state index contributed by atoms with van der Waals surface area (Å²) in [7, 11) is 0. The van der Waals surface area contributed by atoms with E-state index >= 15 is 0 Å². The van der Waals surface area contributed by atoms with Gasteiger partial charge in [-0.05, 0) is 32.1 Å². The minimum atomic E-state index is 0.364. The van der Waals surface area contributed by atoms with Crippen molar-refractivity contribution in [1.82, 2.24) is 4.90 Å². The summed E-state index contributed by atoms with van der Waals surface area (Å²) in [6, 6.07) is 0.418. The number of carbonyl (C=O) groups excluding carboxylic acids is 1. The average molecular weight is 179 g/mol. The first-order valence-electron chi connectivity index (χ1n) is 5.34. The normalized spacial score (nSPS) is 31.8. The van der Waals surface area contributed by atoms with E-state index in [0.717, 1.165) is 19.4 Å². The SMILES string of the molecule is O=C1CCCC2/C=C\CCCCN12. The fourth-order valence-corrected chi connectivity index (χ4v) is 2.24. The highest BCUT2D eigenvalue weighted by Crippen LogP contribution is 2.21. The highest BCUT2D eigenvalue weighted by Gasteiger charge is 2.25. The Balaban J connectivity index is 2.10. The Labute approximate surface area is 79.6 Å². The molecule has 0 radical (unpaired) electrons. The number of amides is 1. The molecule has 2 aliphatic heterocycles. The molecule has 1 saturated heterocycles. The van der Waals surface area contributed by atoms with Crippen molar-refractivity contribution in [2.45, 2.75) is 44.6 Å². The molecule has 72 valence electrons. The van der Waals surface area contributed by atoms with Crippen molar-refractivity contribution in [3.63, 3.8) is 0 Å². The van der Waals surface area contributed by atoms with Crippen LogP contribution in [0.1, 0.15) is 38.5 Å². The van der Waals surface area contributed by atoms with Crippen molar-refractivity contribution in [1.29, 1.82) is 0 Å². The first-order valence-corrected chi connectivity index (χ1v) is 5.34. The van der Waals surface area contributed by atoms with Crippen LogP contribution in [0.5, 0.6) is 0 Å². The molecule has 1 unspecified atom stereocenters. The second-order valence-corrected chi connectivity index (χ2v) is 3.97. The summed E-state index contributed by atoms with van der Waals surface area (Å²) in [5.41, 5.74) is 0. The van der Waals surface area contributed by atoms with Crippen LogP contribution in [0, 0.1) is 0 Å². The Kier molecular flexibility index (Phi) is 2.67. The van der Waals surface area contributed by atoms with Gasteiger partial charge in [0.25, 0.3) is 0 Å². The summed E-state index contributed by atoms with van der Waals surface area (Å²) in [4.78, 5) is 13.7. The Hall–Kier alpha value is -0.790. The molecule has 1 amide bonds. The molecule has 1 atom stereocenters. The third-order valence-electron chi connectivity index (χ3n) is 2.99. The van der Waals surface area contributed by atoms with Crippen molar-refractivity contribution < 1.29 is 4.79 Å². The second-order valence-electron chi connectivity index (χ2n) is 3.97. The van der Waals surface area contributed by atoms with E-state index in [-0.39, 0.29) is 0 Å². The molecule has 0 bridgehead atoms. The molecular formula is C11H17NO. The molecule has 1 fully saturated rings. The summed E-state index contributed by atoms with van der Waals surface area (Å²) < 4.78 is 0. The molecule has 0 aromatic rings. The summed E-state index contributed by atoms with van der Waals surface area (Å²) >= 11 is 0. The third-order valence-corrected chi connectivity index (χ3v) is 2.99. The molecular weight excluding hydrogens is 162 g/mol. The van der Waals surface area contributed by atoms with Crippen LogP contribution < -0.4 is 0 Å². The zero-order chi connectivity index (χ0) is 9.10. The van der Waals surface area contributed by atoms with Gasteiger partial charge in [0.05, 0.1) is 0 Å². The van der Waals surface area contributed by atoms with Crippen LogP contribution in [-0.2, 0) is 4.79 Å². The topological polar surface area (TPSA) is 20.3 Å².